The average Bonchev–Trinajstić information content (AvgIpc) is 2.87. The Balaban J connectivity index is 2.11. The molecular weight excluding hydrogens is 302 g/mol. The highest BCUT2D eigenvalue weighted by Crippen LogP contribution is 2.21. The molecule has 1 aromatic carbocycles. The van der Waals surface area contributed by atoms with E-state index in [1.165, 1.54) is 18.8 Å². The summed E-state index contributed by atoms with van der Waals surface area (Å²) in [7, 11) is 1.45. The van der Waals surface area contributed by atoms with E-state index in [0.717, 1.165) is 17.1 Å². The van der Waals surface area contributed by atoms with Gasteiger partial charge < -0.3 is 5.32 Å². The minimum absolute atomic E-state index is 0.0808. The molecule has 1 aromatic heterocycles. The van der Waals surface area contributed by atoms with Crippen LogP contribution in [0.4, 0.5) is 4.79 Å². The summed E-state index contributed by atoms with van der Waals surface area (Å²) < 4.78 is 1.87. The smallest absolute Gasteiger partial charge is 0.321 e. The predicted octanol–water partition coefficient (Wildman–Crippen LogP) is 1.43. The van der Waals surface area contributed by atoms with Gasteiger partial charge in [-0.15, -0.1) is 10.2 Å². The molecule has 1 heterocycles. The summed E-state index contributed by atoms with van der Waals surface area (Å²) in [5.74, 6) is 0.427. The van der Waals surface area contributed by atoms with Crippen molar-refractivity contribution in [1.29, 1.82) is 0 Å². The number of carbonyl (C=O) groups excluding carboxylic acids is 2. The van der Waals surface area contributed by atoms with E-state index in [0.29, 0.717) is 5.16 Å². The lowest BCUT2D eigenvalue weighted by Gasteiger charge is -2.08. The quantitative estimate of drug-likeness (QED) is 0.832. The third kappa shape index (κ3) is 3.85. The normalized spacial score (nSPS) is 10.3. The zero-order valence-electron chi connectivity index (χ0n) is 12.6. The molecule has 0 aliphatic heterocycles. The van der Waals surface area contributed by atoms with Gasteiger partial charge in [0, 0.05) is 12.7 Å². The molecule has 0 bridgehead atoms. The molecule has 0 fully saturated rings. The second-order valence-electron chi connectivity index (χ2n) is 4.62. The van der Waals surface area contributed by atoms with Crippen LogP contribution in [0.15, 0.2) is 29.4 Å². The largest absolute Gasteiger partial charge is 0.341 e. The molecule has 2 rings (SSSR count). The number of aromatic nitrogens is 3. The number of imide groups is 1. The van der Waals surface area contributed by atoms with Crippen molar-refractivity contribution in [2.24, 2.45) is 0 Å². The first-order valence-electron chi connectivity index (χ1n) is 6.64. The van der Waals surface area contributed by atoms with E-state index in [2.05, 4.69) is 20.8 Å². The molecule has 7 nitrogen and oxygen atoms in total. The molecule has 0 aliphatic rings. The minimum Gasteiger partial charge on any atom is -0.341 e. The van der Waals surface area contributed by atoms with E-state index in [1.807, 2.05) is 42.7 Å². The highest BCUT2D eigenvalue weighted by molar-refractivity contribution is 7.99. The van der Waals surface area contributed by atoms with Crippen molar-refractivity contribution in [3.05, 3.63) is 35.7 Å². The standard InChI is InChI=1S/C14H17N5O2S/c1-9-4-6-11(7-5-9)19-10(2)17-18-14(19)22-8-12(20)16-13(21)15-3/h4-7H,8H2,1-3H3,(H2,15,16,20,21). The number of thioether (sulfide) groups is 1. The topological polar surface area (TPSA) is 88.9 Å². The molecule has 2 N–H and O–H groups in total. The Morgan fingerprint density at radius 3 is 2.50 bits per heavy atom. The van der Waals surface area contributed by atoms with Crippen LogP contribution in [0.3, 0.4) is 0 Å². The first-order valence-corrected chi connectivity index (χ1v) is 7.63. The molecule has 3 amide bonds. The van der Waals surface area contributed by atoms with Gasteiger partial charge in [0.15, 0.2) is 5.16 Å². The van der Waals surface area contributed by atoms with Crippen LogP contribution in [-0.4, -0.2) is 39.5 Å². The Bertz CT molecular complexity index is 681. The summed E-state index contributed by atoms with van der Waals surface area (Å²) in [6.45, 7) is 3.86. The highest BCUT2D eigenvalue weighted by atomic mass is 32.2. The van der Waals surface area contributed by atoms with E-state index >= 15 is 0 Å². The summed E-state index contributed by atoms with van der Waals surface area (Å²) in [5.41, 5.74) is 2.09. The van der Waals surface area contributed by atoms with Gasteiger partial charge in [0.05, 0.1) is 5.75 Å². The van der Waals surface area contributed by atoms with E-state index < -0.39 is 6.03 Å². The average molecular weight is 319 g/mol. The van der Waals surface area contributed by atoms with Crippen molar-refractivity contribution < 1.29 is 9.59 Å². The maximum absolute atomic E-state index is 11.6. The molecular formula is C14H17N5O2S. The lowest BCUT2D eigenvalue weighted by atomic mass is 10.2. The summed E-state index contributed by atoms with van der Waals surface area (Å²) in [6, 6.07) is 7.42. The number of benzene rings is 1. The van der Waals surface area contributed by atoms with Crippen molar-refractivity contribution in [3.8, 4) is 5.69 Å². The molecule has 8 heteroatoms. The van der Waals surface area contributed by atoms with E-state index in [9.17, 15) is 9.59 Å². The number of nitrogens with one attached hydrogen (secondary N) is 2. The third-order valence-corrected chi connectivity index (χ3v) is 3.83. The monoisotopic (exact) mass is 319 g/mol. The SMILES string of the molecule is CNC(=O)NC(=O)CSc1nnc(C)n1-c1ccc(C)cc1. The molecule has 0 aliphatic carbocycles. The van der Waals surface area contributed by atoms with Gasteiger partial charge >= 0.3 is 6.03 Å². The Labute approximate surface area is 132 Å². The Morgan fingerprint density at radius 2 is 1.86 bits per heavy atom. The molecule has 0 saturated carbocycles. The van der Waals surface area contributed by atoms with Crippen LogP contribution in [0.25, 0.3) is 5.69 Å². The van der Waals surface area contributed by atoms with Crippen molar-refractivity contribution >= 4 is 23.7 Å². The molecule has 0 atom stereocenters. The molecule has 0 radical (unpaired) electrons. The van der Waals surface area contributed by atoms with Crippen molar-refractivity contribution in [2.45, 2.75) is 19.0 Å². The van der Waals surface area contributed by atoms with Crippen LogP contribution in [-0.2, 0) is 4.79 Å². The third-order valence-electron chi connectivity index (χ3n) is 2.90. The lowest BCUT2D eigenvalue weighted by Crippen LogP contribution is -2.38. The lowest BCUT2D eigenvalue weighted by molar-refractivity contribution is -0.117. The zero-order valence-corrected chi connectivity index (χ0v) is 13.4. The van der Waals surface area contributed by atoms with Crippen LogP contribution in [0.2, 0.25) is 0 Å². The summed E-state index contributed by atoms with van der Waals surface area (Å²) in [6.07, 6.45) is 0. The number of rotatable bonds is 4. The van der Waals surface area contributed by atoms with Crippen LogP contribution in [0.5, 0.6) is 0 Å². The Hall–Kier alpha value is -2.35. The fourth-order valence-corrected chi connectivity index (χ4v) is 2.58. The maximum atomic E-state index is 11.6. The number of aryl methyl sites for hydroxylation is 2. The van der Waals surface area contributed by atoms with Crippen LogP contribution >= 0.6 is 11.8 Å². The van der Waals surface area contributed by atoms with Gasteiger partial charge in [-0.3, -0.25) is 14.7 Å². The minimum atomic E-state index is -0.526. The Morgan fingerprint density at radius 1 is 1.18 bits per heavy atom. The van der Waals surface area contributed by atoms with Crippen LogP contribution in [0, 0.1) is 13.8 Å². The highest BCUT2D eigenvalue weighted by Gasteiger charge is 2.14. The molecule has 116 valence electrons. The molecule has 0 spiro atoms. The van der Waals surface area contributed by atoms with Gasteiger partial charge in [0.25, 0.3) is 0 Å². The van der Waals surface area contributed by atoms with E-state index in [-0.39, 0.29) is 11.7 Å². The second-order valence-corrected chi connectivity index (χ2v) is 5.56. The molecule has 0 saturated heterocycles. The molecule has 22 heavy (non-hydrogen) atoms. The van der Waals surface area contributed by atoms with E-state index in [4.69, 9.17) is 0 Å². The predicted molar refractivity (Wildman–Crippen MR) is 84.2 cm³/mol. The van der Waals surface area contributed by atoms with Crippen LogP contribution < -0.4 is 10.6 Å². The fourth-order valence-electron chi connectivity index (χ4n) is 1.78. The number of hydrogen-bond donors (Lipinski definition) is 2. The second kappa shape index (κ2) is 7.08. The molecule has 2 aromatic rings. The van der Waals surface area contributed by atoms with Gasteiger partial charge in [-0.25, -0.2) is 4.79 Å². The summed E-state index contributed by atoms with van der Waals surface area (Å²) in [5, 5.41) is 13.3. The summed E-state index contributed by atoms with van der Waals surface area (Å²) >= 11 is 1.22. The number of urea groups is 1. The number of amides is 3. The summed E-state index contributed by atoms with van der Waals surface area (Å²) in [4.78, 5) is 22.7. The fraction of sp³-hybridized carbons (Fsp3) is 0.286. The number of nitrogens with zero attached hydrogens (tertiary/aromatic N) is 3. The van der Waals surface area contributed by atoms with Gasteiger partial charge in [0.2, 0.25) is 5.91 Å². The van der Waals surface area contributed by atoms with Crippen molar-refractivity contribution in [1.82, 2.24) is 25.4 Å². The zero-order chi connectivity index (χ0) is 16.1. The van der Waals surface area contributed by atoms with Gasteiger partial charge in [-0.1, -0.05) is 29.5 Å². The molecule has 0 unspecified atom stereocenters. The van der Waals surface area contributed by atoms with Crippen LogP contribution in [0.1, 0.15) is 11.4 Å². The maximum Gasteiger partial charge on any atom is 0.321 e. The van der Waals surface area contributed by atoms with Gasteiger partial charge in [-0.05, 0) is 26.0 Å². The van der Waals surface area contributed by atoms with Crippen molar-refractivity contribution in [2.75, 3.05) is 12.8 Å². The first kappa shape index (κ1) is 16.0. The van der Waals surface area contributed by atoms with Crippen molar-refractivity contribution in [3.63, 3.8) is 0 Å². The number of carbonyl (C=O) groups is 2. The van der Waals surface area contributed by atoms with Gasteiger partial charge in [0.1, 0.15) is 5.82 Å². The number of hydrogen-bond acceptors (Lipinski definition) is 5. The first-order chi connectivity index (χ1) is 10.5. The van der Waals surface area contributed by atoms with Gasteiger partial charge in [-0.2, -0.15) is 0 Å². The van der Waals surface area contributed by atoms with E-state index in [1.54, 1.807) is 0 Å². The Kier molecular flexibility index (Phi) is 5.16.